The van der Waals surface area contributed by atoms with Gasteiger partial charge in [0.25, 0.3) is 0 Å². The van der Waals surface area contributed by atoms with Gasteiger partial charge in [0.2, 0.25) is 0 Å². The van der Waals surface area contributed by atoms with Crippen LogP contribution in [-0.4, -0.2) is 56.8 Å². The van der Waals surface area contributed by atoms with Crippen LogP contribution in [0.2, 0.25) is 0 Å². The number of nitrogens with one attached hydrogen (secondary N) is 2. The third-order valence-electron chi connectivity index (χ3n) is 5.88. The second kappa shape index (κ2) is 10.0. The first-order valence-corrected chi connectivity index (χ1v) is 11.4. The van der Waals surface area contributed by atoms with E-state index in [0.29, 0.717) is 36.8 Å². The van der Waals surface area contributed by atoms with E-state index in [-0.39, 0.29) is 5.82 Å². The van der Waals surface area contributed by atoms with E-state index >= 15 is 0 Å². The van der Waals surface area contributed by atoms with Crippen molar-refractivity contribution in [2.75, 3.05) is 42.7 Å². The number of amides is 2. The first-order chi connectivity index (χ1) is 17.8. The van der Waals surface area contributed by atoms with Crippen molar-refractivity contribution in [3.05, 3.63) is 66.2 Å². The zero-order valence-electron chi connectivity index (χ0n) is 19.5. The average Bonchev–Trinajstić information content (AvgIpc) is 3.24. The average molecular weight is 512 g/mol. The van der Waals surface area contributed by atoms with E-state index in [2.05, 4.69) is 30.6 Å². The summed E-state index contributed by atoms with van der Waals surface area (Å²) >= 11 is 0. The minimum atomic E-state index is -4.61. The molecule has 1 aromatic carbocycles. The molecule has 1 aliphatic heterocycles. The molecule has 10 nitrogen and oxygen atoms in total. The molecule has 4 heterocycles. The largest absolute Gasteiger partial charge is 0.433 e. The number of urea groups is 1. The number of carbonyl (C=O) groups is 1. The number of ether oxygens (including phenoxy) is 1. The maximum Gasteiger partial charge on any atom is 0.433 e. The smallest absolute Gasteiger partial charge is 0.382 e. The summed E-state index contributed by atoms with van der Waals surface area (Å²) in [5, 5.41) is 9.30. The number of halogens is 3. The van der Waals surface area contributed by atoms with E-state index in [1.165, 1.54) is 18.5 Å². The van der Waals surface area contributed by atoms with Crippen molar-refractivity contribution < 1.29 is 22.7 Å². The van der Waals surface area contributed by atoms with Crippen molar-refractivity contribution in [2.24, 2.45) is 0 Å². The monoisotopic (exact) mass is 512 g/mol. The summed E-state index contributed by atoms with van der Waals surface area (Å²) in [5.74, 6) is 0.126. The predicted octanol–water partition coefficient (Wildman–Crippen LogP) is 3.87. The number of aromatic nitrogens is 4. The highest BCUT2D eigenvalue weighted by Gasteiger charge is 2.32. The number of morpholine rings is 1. The van der Waals surface area contributed by atoms with E-state index in [9.17, 15) is 18.0 Å². The molecule has 192 valence electrons. The molecule has 0 spiro atoms. The molecule has 0 radical (unpaired) electrons. The van der Waals surface area contributed by atoms with Gasteiger partial charge in [0.15, 0.2) is 5.82 Å². The molecule has 1 saturated heterocycles. The molecule has 0 unspecified atom stereocenters. The molecule has 0 bridgehead atoms. The third kappa shape index (κ3) is 5.47. The summed E-state index contributed by atoms with van der Waals surface area (Å²) in [4.78, 5) is 22.2. The van der Waals surface area contributed by atoms with Gasteiger partial charge in [0, 0.05) is 30.9 Å². The van der Waals surface area contributed by atoms with Crippen LogP contribution in [0.5, 0.6) is 0 Å². The maximum atomic E-state index is 12.9. The lowest BCUT2D eigenvalue weighted by Crippen LogP contribution is -2.36. The number of rotatable bonds is 5. The number of anilines is 3. The van der Waals surface area contributed by atoms with E-state index in [4.69, 9.17) is 10.5 Å². The zero-order chi connectivity index (χ0) is 26.0. The third-order valence-corrected chi connectivity index (χ3v) is 5.88. The number of hydrogen-bond acceptors (Lipinski definition) is 7. The Hall–Kier alpha value is -4.23. The summed E-state index contributed by atoms with van der Waals surface area (Å²) in [5.41, 5.74) is 8.85. The van der Waals surface area contributed by atoms with Gasteiger partial charge in [-0.05, 0) is 35.9 Å². The van der Waals surface area contributed by atoms with Crippen molar-refractivity contribution in [3.8, 4) is 11.1 Å². The Bertz CT molecular complexity index is 1420. The van der Waals surface area contributed by atoms with Gasteiger partial charge >= 0.3 is 12.2 Å². The molecule has 4 N–H and O–H groups in total. The number of nitrogens with zero attached hydrogens (tertiary/aromatic N) is 5. The highest BCUT2D eigenvalue weighted by Crippen LogP contribution is 2.32. The van der Waals surface area contributed by atoms with Gasteiger partial charge in [0.1, 0.15) is 23.4 Å². The Morgan fingerprint density at radius 1 is 1.08 bits per heavy atom. The van der Waals surface area contributed by atoms with Crippen LogP contribution in [0.4, 0.5) is 35.3 Å². The lowest BCUT2D eigenvalue weighted by Gasteiger charge is -2.26. The van der Waals surface area contributed by atoms with Crippen molar-refractivity contribution in [3.63, 3.8) is 0 Å². The zero-order valence-corrected chi connectivity index (χ0v) is 19.5. The van der Waals surface area contributed by atoms with Gasteiger partial charge < -0.3 is 15.8 Å². The van der Waals surface area contributed by atoms with Gasteiger partial charge in [-0.2, -0.15) is 18.3 Å². The summed E-state index contributed by atoms with van der Waals surface area (Å²) in [7, 11) is 0. The highest BCUT2D eigenvalue weighted by molar-refractivity contribution is 5.99. The van der Waals surface area contributed by atoms with Crippen LogP contribution in [0.1, 0.15) is 11.4 Å². The summed E-state index contributed by atoms with van der Waals surface area (Å²) in [6.45, 7) is 3.67. The van der Waals surface area contributed by atoms with Crippen LogP contribution < -0.4 is 16.4 Å². The second-order valence-electron chi connectivity index (χ2n) is 8.41. The number of nitrogens with two attached hydrogens (primary N) is 1. The van der Waals surface area contributed by atoms with E-state index in [1.807, 2.05) is 6.07 Å². The molecule has 3 aromatic heterocycles. The first kappa shape index (κ1) is 24.5. The van der Waals surface area contributed by atoms with Crippen molar-refractivity contribution in [1.29, 1.82) is 0 Å². The Morgan fingerprint density at radius 3 is 2.57 bits per heavy atom. The fourth-order valence-electron chi connectivity index (χ4n) is 4.13. The molecule has 1 aliphatic rings. The summed E-state index contributed by atoms with van der Waals surface area (Å²) in [6, 6.07) is 11.5. The summed E-state index contributed by atoms with van der Waals surface area (Å²) < 4.78 is 45.8. The van der Waals surface area contributed by atoms with E-state index in [1.54, 1.807) is 28.8 Å². The van der Waals surface area contributed by atoms with Crippen molar-refractivity contribution in [2.45, 2.75) is 12.7 Å². The number of hydrogen-bond donors (Lipinski definition) is 3. The Balaban J connectivity index is 1.33. The van der Waals surface area contributed by atoms with Gasteiger partial charge in [-0.1, -0.05) is 18.2 Å². The van der Waals surface area contributed by atoms with E-state index < -0.39 is 17.9 Å². The van der Waals surface area contributed by atoms with Gasteiger partial charge in [0.05, 0.1) is 18.9 Å². The molecule has 4 aromatic rings. The van der Waals surface area contributed by atoms with Gasteiger partial charge in [-0.15, -0.1) is 0 Å². The minimum Gasteiger partial charge on any atom is -0.382 e. The van der Waals surface area contributed by atoms with Gasteiger partial charge in [-0.3, -0.25) is 10.2 Å². The molecule has 2 amide bonds. The predicted molar refractivity (Wildman–Crippen MR) is 131 cm³/mol. The van der Waals surface area contributed by atoms with Crippen LogP contribution in [0.25, 0.3) is 16.6 Å². The first-order valence-electron chi connectivity index (χ1n) is 11.4. The molecule has 0 aliphatic carbocycles. The Morgan fingerprint density at radius 2 is 1.84 bits per heavy atom. The lowest BCUT2D eigenvalue weighted by atomic mass is 10.1. The molecular formula is C24H23F3N8O2. The molecule has 5 rings (SSSR count). The molecule has 37 heavy (non-hydrogen) atoms. The molecule has 1 fully saturated rings. The number of fused-ring (bicyclic) bond motifs is 1. The number of benzene rings is 1. The molecule has 0 saturated carbocycles. The van der Waals surface area contributed by atoms with Crippen LogP contribution in [0, 0.1) is 0 Å². The van der Waals surface area contributed by atoms with Crippen LogP contribution in [0.15, 0.2) is 54.9 Å². The van der Waals surface area contributed by atoms with Crippen LogP contribution in [-0.2, 0) is 17.5 Å². The van der Waals surface area contributed by atoms with Gasteiger partial charge in [-0.25, -0.2) is 19.3 Å². The lowest BCUT2D eigenvalue weighted by molar-refractivity contribution is -0.141. The molecular weight excluding hydrogens is 489 g/mol. The maximum absolute atomic E-state index is 12.9. The topological polar surface area (TPSA) is 123 Å². The fourth-order valence-corrected chi connectivity index (χ4v) is 4.13. The quantitative estimate of drug-likeness (QED) is 0.371. The molecule has 0 atom stereocenters. The standard InChI is InChI=1S/C24H23F3N8O2/c25-24(26,27)19-2-1-3-20(32-19)33-23(36)31-16-6-4-15(5-7-16)18-12-17(13-34-8-10-37-11-9-34)35-21(18)22(28)29-14-30-35/h1-7,12,14H,8-11,13H2,(H2,28,29,30)(H2,31,32,33,36). The number of alkyl halides is 3. The number of carbonyl (C=O) groups excluding carboxylic acids is 1. The molecule has 13 heteroatoms. The normalized spacial score (nSPS) is 14.6. The second-order valence-corrected chi connectivity index (χ2v) is 8.41. The SMILES string of the molecule is Nc1ncnn2c(CN3CCOCC3)cc(-c3ccc(NC(=O)Nc4cccc(C(F)(F)F)n4)cc3)c12. The highest BCUT2D eigenvalue weighted by atomic mass is 19.4. The van der Waals surface area contributed by atoms with Crippen molar-refractivity contribution in [1.82, 2.24) is 24.5 Å². The van der Waals surface area contributed by atoms with E-state index in [0.717, 1.165) is 36.0 Å². The Labute approximate surface area is 209 Å². The van der Waals surface area contributed by atoms with Crippen LogP contribution in [0.3, 0.4) is 0 Å². The number of pyridine rings is 1. The minimum absolute atomic E-state index is 0.215. The summed E-state index contributed by atoms with van der Waals surface area (Å²) in [6.07, 6.45) is -3.19. The Kier molecular flexibility index (Phi) is 6.63. The van der Waals surface area contributed by atoms with Crippen molar-refractivity contribution >= 4 is 28.9 Å². The van der Waals surface area contributed by atoms with Crippen LogP contribution >= 0.6 is 0 Å². The fraction of sp³-hybridized carbons (Fsp3) is 0.250. The number of nitrogen functional groups attached to an aromatic ring is 1.